The first-order valence-corrected chi connectivity index (χ1v) is 9.09. The van der Waals surface area contributed by atoms with Crippen LogP contribution in [-0.2, 0) is 16.1 Å². The topological polar surface area (TPSA) is 102 Å². The second-order valence-corrected chi connectivity index (χ2v) is 6.97. The average molecular weight is 414 g/mol. The fraction of sp³-hybridized carbons (Fsp3) is 0.556. The van der Waals surface area contributed by atoms with Crippen LogP contribution in [0.3, 0.4) is 0 Å². The highest BCUT2D eigenvalue weighted by molar-refractivity contribution is 5.73. The van der Waals surface area contributed by atoms with Crippen molar-refractivity contribution in [2.24, 2.45) is 0 Å². The Morgan fingerprint density at radius 1 is 1.41 bits per heavy atom. The predicted octanol–water partition coefficient (Wildman–Crippen LogP) is 2.55. The molecule has 2 aliphatic rings. The molecule has 0 aliphatic carbocycles. The number of aliphatic carboxylic acids is 1. The van der Waals surface area contributed by atoms with Crippen LogP contribution >= 0.6 is 0 Å². The van der Waals surface area contributed by atoms with Gasteiger partial charge in [0.15, 0.2) is 5.82 Å². The first-order chi connectivity index (χ1) is 13.7. The van der Waals surface area contributed by atoms with Gasteiger partial charge in [0.05, 0.1) is 12.0 Å². The summed E-state index contributed by atoms with van der Waals surface area (Å²) in [4.78, 5) is 20.0. The lowest BCUT2D eigenvalue weighted by Gasteiger charge is -2.39. The van der Waals surface area contributed by atoms with E-state index in [1.165, 1.54) is 5.56 Å². The predicted molar refractivity (Wildman–Crippen MR) is 92.9 cm³/mol. The summed E-state index contributed by atoms with van der Waals surface area (Å²) in [5, 5.41) is 11.1. The molecule has 0 bridgehead atoms. The third-order valence-corrected chi connectivity index (χ3v) is 4.86. The summed E-state index contributed by atoms with van der Waals surface area (Å²) in [5.41, 5.74) is 1.23. The van der Waals surface area contributed by atoms with Crippen LogP contribution in [0.25, 0.3) is 0 Å². The number of aromatic nitrogens is 3. The number of piperidine rings is 1. The van der Waals surface area contributed by atoms with E-state index in [2.05, 4.69) is 26.1 Å². The molecule has 29 heavy (non-hydrogen) atoms. The Balaban J connectivity index is 0.000000298. The Bertz CT molecular complexity index is 815. The molecule has 4 rings (SSSR count). The summed E-state index contributed by atoms with van der Waals surface area (Å²) in [6.07, 6.45) is 0.995. The molecule has 1 N–H and O–H groups in total. The smallest absolute Gasteiger partial charge is 0.475 e. The first kappa shape index (κ1) is 21.2. The summed E-state index contributed by atoms with van der Waals surface area (Å²) < 4.78 is 43.1. The number of fused-ring (bicyclic) bond motifs is 1. The molecular formula is C18H21F3N4O4. The molecule has 158 valence electrons. The van der Waals surface area contributed by atoms with E-state index in [1.54, 1.807) is 0 Å². The molecule has 0 amide bonds. The number of carbonyl (C=O) groups is 1. The zero-order valence-electron chi connectivity index (χ0n) is 15.7. The fourth-order valence-electron chi connectivity index (χ4n) is 3.62. The van der Waals surface area contributed by atoms with Crippen molar-refractivity contribution in [3.63, 3.8) is 0 Å². The van der Waals surface area contributed by atoms with Gasteiger partial charge in [-0.3, -0.25) is 9.88 Å². The van der Waals surface area contributed by atoms with Gasteiger partial charge >= 0.3 is 12.1 Å². The molecule has 0 unspecified atom stereocenters. The molecule has 11 heteroatoms. The van der Waals surface area contributed by atoms with Crippen LogP contribution in [0.15, 0.2) is 29.0 Å². The van der Waals surface area contributed by atoms with Crippen LogP contribution in [-0.4, -0.2) is 62.6 Å². The van der Waals surface area contributed by atoms with Gasteiger partial charge in [-0.1, -0.05) is 11.2 Å². The monoisotopic (exact) mass is 414 g/mol. The summed E-state index contributed by atoms with van der Waals surface area (Å²) in [5.74, 6) is -1.07. The van der Waals surface area contributed by atoms with Gasteiger partial charge in [-0.05, 0) is 31.4 Å². The van der Waals surface area contributed by atoms with Gasteiger partial charge in [-0.2, -0.15) is 18.2 Å². The second kappa shape index (κ2) is 8.87. The highest BCUT2D eigenvalue weighted by Crippen LogP contribution is 2.36. The average Bonchev–Trinajstić information content (AvgIpc) is 3.31. The number of rotatable bonds is 3. The largest absolute Gasteiger partial charge is 0.490 e. The van der Waals surface area contributed by atoms with Crippen molar-refractivity contribution in [3.8, 4) is 0 Å². The van der Waals surface area contributed by atoms with E-state index < -0.39 is 12.1 Å². The van der Waals surface area contributed by atoms with Crippen molar-refractivity contribution < 1.29 is 32.3 Å². The number of likely N-dealkylation sites (tertiary alicyclic amines) is 1. The highest BCUT2D eigenvalue weighted by Gasteiger charge is 2.42. The van der Waals surface area contributed by atoms with Crippen LogP contribution in [0, 0.1) is 6.92 Å². The van der Waals surface area contributed by atoms with Crippen LogP contribution in [0.5, 0.6) is 0 Å². The zero-order chi connectivity index (χ0) is 21.0. The van der Waals surface area contributed by atoms with Gasteiger partial charge in [-0.25, -0.2) is 4.79 Å². The van der Waals surface area contributed by atoms with Gasteiger partial charge in [0.2, 0.25) is 5.89 Å². The minimum Gasteiger partial charge on any atom is -0.475 e. The van der Waals surface area contributed by atoms with Gasteiger partial charge in [0, 0.05) is 38.1 Å². The number of ether oxygens (including phenoxy) is 1. The van der Waals surface area contributed by atoms with E-state index >= 15 is 0 Å². The Morgan fingerprint density at radius 3 is 2.76 bits per heavy atom. The van der Waals surface area contributed by atoms with E-state index in [0.29, 0.717) is 11.9 Å². The SMILES string of the molecule is Cc1noc([C@@H]2C[C@H]3OCC[C@H]3N(Cc3cccnc3)C2)n1.O=C(O)C(F)(F)F. The van der Waals surface area contributed by atoms with Crippen LogP contribution in [0.4, 0.5) is 13.2 Å². The van der Waals surface area contributed by atoms with Crippen molar-refractivity contribution >= 4 is 5.97 Å². The number of halogens is 3. The minimum atomic E-state index is -5.08. The van der Waals surface area contributed by atoms with E-state index in [9.17, 15) is 13.2 Å². The molecule has 0 spiro atoms. The lowest BCUT2D eigenvalue weighted by atomic mass is 9.89. The highest BCUT2D eigenvalue weighted by atomic mass is 19.4. The molecule has 4 heterocycles. The molecule has 0 saturated carbocycles. The number of alkyl halides is 3. The maximum atomic E-state index is 10.6. The standard InChI is InChI=1S/C16H20N4O2.C2HF3O2/c1-11-18-16(22-19-11)13-7-15-14(4-6-21-15)20(10-13)9-12-3-2-5-17-8-12;3-2(4,5)1(6)7/h2-3,5,8,13-15H,4,6-7,9-10H2,1H3;(H,6,7)/t13-,14-,15-;/m1./s1. The van der Waals surface area contributed by atoms with Crippen molar-refractivity contribution in [3.05, 3.63) is 41.8 Å². The minimum absolute atomic E-state index is 0.247. The van der Waals surface area contributed by atoms with E-state index in [1.807, 2.05) is 25.4 Å². The number of carboxylic acid groups (broad SMARTS) is 1. The van der Waals surface area contributed by atoms with Gasteiger partial charge < -0.3 is 14.4 Å². The van der Waals surface area contributed by atoms with Crippen LogP contribution in [0.1, 0.15) is 36.0 Å². The Morgan fingerprint density at radius 2 is 2.17 bits per heavy atom. The maximum Gasteiger partial charge on any atom is 0.490 e. The quantitative estimate of drug-likeness (QED) is 0.818. The molecule has 8 nitrogen and oxygen atoms in total. The third-order valence-electron chi connectivity index (χ3n) is 4.86. The lowest BCUT2D eigenvalue weighted by molar-refractivity contribution is -0.192. The number of hydrogen-bond donors (Lipinski definition) is 1. The van der Waals surface area contributed by atoms with E-state index in [4.69, 9.17) is 19.2 Å². The normalized spacial score (nSPS) is 24.5. The van der Waals surface area contributed by atoms with Gasteiger partial charge in [0.1, 0.15) is 0 Å². The molecule has 2 aromatic heterocycles. The van der Waals surface area contributed by atoms with Crippen molar-refractivity contribution in [2.45, 2.75) is 50.6 Å². The van der Waals surface area contributed by atoms with E-state index in [-0.39, 0.29) is 12.0 Å². The summed E-state index contributed by atoms with van der Waals surface area (Å²) in [6.45, 7) is 4.52. The molecule has 2 aliphatic heterocycles. The fourth-order valence-corrected chi connectivity index (χ4v) is 3.62. The van der Waals surface area contributed by atoms with Crippen molar-refractivity contribution in [2.75, 3.05) is 13.2 Å². The molecule has 0 radical (unpaired) electrons. The van der Waals surface area contributed by atoms with Crippen LogP contribution in [0.2, 0.25) is 0 Å². The molecule has 2 fully saturated rings. The molecular weight excluding hydrogens is 393 g/mol. The Kier molecular flexibility index (Phi) is 6.48. The third kappa shape index (κ3) is 5.51. The summed E-state index contributed by atoms with van der Waals surface area (Å²) in [6, 6.07) is 4.60. The molecule has 2 saturated heterocycles. The molecule has 2 aromatic rings. The zero-order valence-corrected chi connectivity index (χ0v) is 15.7. The number of nitrogens with zero attached hydrogens (tertiary/aromatic N) is 4. The van der Waals surface area contributed by atoms with Crippen molar-refractivity contribution in [1.82, 2.24) is 20.0 Å². The number of aryl methyl sites for hydroxylation is 1. The van der Waals surface area contributed by atoms with Gasteiger partial charge in [0.25, 0.3) is 0 Å². The summed E-state index contributed by atoms with van der Waals surface area (Å²) in [7, 11) is 0. The lowest BCUT2D eigenvalue weighted by Crippen LogP contribution is -2.48. The van der Waals surface area contributed by atoms with E-state index in [0.717, 1.165) is 38.4 Å². The Hall–Kier alpha value is -2.53. The van der Waals surface area contributed by atoms with Crippen LogP contribution < -0.4 is 0 Å². The first-order valence-electron chi connectivity index (χ1n) is 9.09. The maximum absolute atomic E-state index is 10.6. The summed E-state index contributed by atoms with van der Waals surface area (Å²) >= 11 is 0. The Labute approximate surface area is 164 Å². The van der Waals surface area contributed by atoms with Crippen molar-refractivity contribution in [1.29, 1.82) is 0 Å². The second-order valence-electron chi connectivity index (χ2n) is 6.97. The number of pyridine rings is 1. The molecule has 0 aromatic carbocycles. The number of hydrogen-bond acceptors (Lipinski definition) is 7. The molecule has 3 atom stereocenters. The number of carboxylic acids is 1. The van der Waals surface area contributed by atoms with Gasteiger partial charge in [-0.15, -0.1) is 0 Å².